The van der Waals surface area contributed by atoms with Crippen LogP contribution in [0, 0.1) is 6.92 Å². The monoisotopic (exact) mass is 247 g/mol. The van der Waals surface area contributed by atoms with Gasteiger partial charge < -0.3 is 10.3 Å². The second-order valence-corrected chi connectivity index (χ2v) is 4.46. The van der Waals surface area contributed by atoms with Crippen LogP contribution in [0.2, 0.25) is 0 Å². The lowest BCUT2D eigenvalue weighted by Crippen LogP contribution is -2.09. The fourth-order valence-electron chi connectivity index (χ4n) is 1.61. The Hall–Kier alpha value is -2.11. The van der Waals surface area contributed by atoms with Crippen LogP contribution >= 0.6 is 0 Å². The van der Waals surface area contributed by atoms with Crippen molar-refractivity contribution in [3.8, 4) is 0 Å². The van der Waals surface area contributed by atoms with Crippen molar-refractivity contribution >= 4 is 5.82 Å². The summed E-state index contributed by atoms with van der Waals surface area (Å²) in [5.41, 5.74) is 1.92. The lowest BCUT2D eigenvalue weighted by atomic mass is 10.2. The van der Waals surface area contributed by atoms with Crippen molar-refractivity contribution in [3.05, 3.63) is 40.2 Å². The molecule has 6 nitrogen and oxygen atoms in total. The van der Waals surface area contributed by atoms with Crippen LogP contribution in [0.15, 0.2) is 23.4 Å². The van der Waals surface area contributed by atoms with E-state index < -0.39 is 0 Å². The molecule has 2 aromatic rings. The number of H-pyrrole nitrogens is 1. The van der Waals surface area contributed by atoms with E-state index in [2.05, 4.69) is 34.2 Å². The first-order valence-electron chi connectivity index (χ1n) is 5.89. The molecule has 0 unspecified atom stereocenters. The van der Waals surface area contributed by atoms with E-state index in [1.54, 1.807) is 0 Å². The number of hydrogen-bond acceptors (Lipinski definition) is 4. The molecule has 96 valence electrons. The predicted octanol–water partition coefficient (Wildman–Crippen LogP) is 1.47. The van der Waals surface area contributed by atoms with Gasteiger partial charge in [0.2, 0.25) is 0 Å². The molecule has 2 heterocycles. The van der Waals surface area contributed by atoms with Crippen LogP contribution in [0.4, 0.5) is 5.82 Å². The number of rotatable bonds is 4. The van der Waals surface area contributed by atoms with E-state index in [1.807, 2.05) is 17.8 Å². The lowest BCUT2D eigenvalue weighted by molar-refractivity contribution is 0.529. The predicted molar refractivity (Wildman–Crippen MR) is 69.5 cm³/mol. The summed E-state index contributed by atoms with van der Waals surface area (Å²) in [5.74, 6) is 0.565. The zero-order valence-electron chi connectivity index (χ0n) is 10.8. The highest BCUT2D eigenvalue weighted by Crippen LogP contribution is 2.11. The number of aromatic nitrogens is 4. The van der Waals surface area contributed by atoms with Gasteiger partial charge in [0.15, 0.2) is 0 Å². The van der Waals surface area contributed by atoms with Gasteiger partial charge in [-0.25, -0.2) is 4.98 Å². The molecule has 2 aromatic heterocycles. The maximum atomic E-state index is 11.1. The van der Waals surface area contributed by atoms with Crippen molar-refractivity contribution in [1.29, 1.82) is 0 Å². The first-order valence-corrected chi connectivity index (χ1v) is 5.89. The second-order valence-electron chi connectivity index (χ2n) is 4.46. The molecule has 0 aromatic carbocycles. The van der Waals surface area contributed by atoms with Crippen LogP contribution in [-0.4, -0.2) is 19.7 Å². The number of nitrogens with one attached hydrogen (secondary N) is 2. The summed E-state index contributed by atoms with van der Waals surface area (Å²) in [6, 6.07) is 1.78. The largest absolute Gasteiger partial charge is 0.366 e. The van der Waals surface area contributed by atoms with Crippen LogP contribution in [-0.2, 0) is 6.54 Å². The average Bonchev–Trinajstić information content (AvgIpc) is 2.68. The van der Waals surface area contributed by atoms with Crippen molar-refractivity contribution in [1.82, 2.24) is 19.7 Å². The summed E-state index contributed by atoms with van der Waals surface area (Å²) in [6.45, 7) is 6.75. The van der Waals surface area contributed by atoms with Gasteiger partial charge in [0, 0.05) is 30.4 Å². The van der Waals surface area contributed by atoms with E-state index in [0.717, 1.165) is 11.3 Å². The first kappa shape index (κ1) is 12.3. The maximum Gasteiger partial charge on any atom is 0.252 e. The van der Waals surface area contributed by atoms with Gasteiger partial charge in [0.05, 0.1) is 12.0 Å². The standard InChI is InChI=1S/C12H17N5O/c1-8(2)17-6-10(9(3)16-17)5-13-11-4-12(18)15-7-14-11/h4,6-8H,5H2,1-3H3,(H2,13,14,15,18). The Morgan fingerprint density at radius 1 is 1.50 bits per heavy atom. The van der Waals surface area contributed by atoms with Crippen LogP contribution in [0.5, 0.6) is 0 Å². The molecule has 2 rings (SSSR count). The van der Waals surface area contributed by atoms with Crippen LogP contribution in [0.1, 0.15) is 31.1 Å². The van der Waals surface area contributed by atoms with Crippen molar-refractivity contribution in [3.63, 3.8) is 0 Å². The van der Waals surface area contributed by atoms with E-state index in [9.17, 15) is 4.79 Å². The van der Waals surface area contributed by atoms with Gasteiger partial charge in [0.1, 0.15) is 5.82 Å². The van der Waals surface area contributed by atoms with Gasteiger partial charge in [0.25, 0.3) is 5.56 Å². The third-order valence-electron chi connectivity index (χ3n) is 2.69. The molecule has 2 N–H and O–H groups in total. The Morgan fingerprint density at radius 2 is 2.28 bits per heavy atom. The Kier molecular flexibility index (Phi) is 3.45. The number of aryl methyl sites for hydroxylation is 1. The Labute approximate surface area is 105 Å². The second kappa shape index (κ2) is 5.03. The zero-order valence-corrected chi connectivity index (χ0v) is 10.8. The Bertz CT molecular complexity index is 584. The van der Waals surface area contributed by atoms with Gasteiger partial charge in [-0.05, 0) is 20.8 Å². The smallest absolute Gasteiger partial charge is 0.252 e. The third kappa shape index (κ3) is 2.77. The number of nitrogens with zero attached hydrogens (tertiary/aromatic N) is 3. The fourth-order valence-corrected chi connectivity index (χ4v) is 1.61. The topological polar surface area (TPSA) is 75.6 Å². The van der Waals surface area contributed by atoms with Crippen LogP contribution in [0.3, 0.4) is 0 Å². The molecular weight excluding hydrogens is 230 g/mol. The fraction of sp³-hybridized carbons (Fsp3) is 0.417. The highest BCUT2D eigenvalue weighted by atomic mass is 16.1. The number of hydrogen-bond donors (Lipinski definition) is 2. The van der Waals surface area contributed by atoms with Gasteiger partial charge in [-0.2, -0.15) is 5.10 Å². The molecule has 0 amide bonds. The highest BCUT2D eigenvalue weighted by molar-refractivity contribution is 5.33. The van der Waals surface area contributed by atoms with Gasteiger partial charge in [-0.1, -0.05) is 0 Å². The summed E-state index contributed by atoms with van der Waals surface area (Å²) >= 11 is 0. The summed E-state index contributed by atoms with van der Waals surface area (Å²) in [5, 5.41) is 7.54. The quantitative estimate of drug-likeness (QED) is 0.857. The molecule has 18 heavy (non-hydrogen) atoms. The molecule has 6 heteroatoms. The highest BCUT2D eigenvalue weighted by Gasteiger charge is 2.07. The summed E-state index contributed by atoms with van der Waals surface area (Å²) < 4.78 is 1.93. The molecule has 0 atom stereocenters. The van der Waals surface area contributed by atoms with Gasteiger partial charge in [-0.15, -0.1) is 0 Å². The normalized spacial score (nSPS) is 10.9. The van der Waals surface area contributed by atoms with Gasteiger partial charge >= 0.3 is 0 Å². The van der Waals surface area contributed by atoms with Crippen LogP contribution in [0.25, 0.3) is 0 Å². The first-order chi connectivity index (χ1) is 8.56. The van der Waals surface area contributed by atoms with E-state index >= 15 is 0 Å². The van der Waals surface area contributed by atoms with Crippen molar-refractivity contribution < 1.29 is 0 Å². The third-order valence-corrected chi connectivity index (χ3v) is 2.69. The molecule has 0 fully saturated rings. The molecule has 0 saturated carbocycles. The molecule has 0 saturated heterocycles. The van der Waals surface area contributed by atoms with Gasteiger partial charge in [-0.3, -0.25) is 9.48 Å². The van der Waals surface area contributed by atoms with Crippen LogP contribution < -0.4 is 10.9 Å². The number of anilines is 1. The molecule has 0 spiro atoms. The minimum atomic E-state index is -0.165. The summed E-state index contributed by atoms with van der Waals surface area (Å²) in [6.07, 6.45) is 3.40. The van der Waals surface area contributed by atoms with E-state index in [1.165, 1.54) is 12.4 Å². The zero-order chi connectivity index (χ0) is 13.1. The Morgan fingerprint density at radius 3 is 2.89 bits per heavy atom. The summed E-state index contributed by atoms with van der Waals surface area (Å²) in [7, 11) is 0. The summed E-state index contributed by atoms with van der Waals surface area (Å²) in [4.78, 5) is 17.6. The van der Waals surface area contributed by atoms with Crippen molar-refractivity contribution in [2.24, 2.45) is 0 Å². The van der Waals surface area contributed by atoms with E-state index in [0.29, 0.717) is 18.4 Å². The molecule has 0 radical (unpaired) electrons. The molecule has 0 aliphatic carbocycles. The molecule has 0 aliphatic heterocycles. The minimum absolute atomic E-state index is 0.165. The Balaban J connectivity index is 2.08. The van der Waals surface area contributed by atoms with E-state index in [-0.39, 0.29) is 5.56 Å². The minimum Gasteiger partial charge on any atom is -0.366 e. The maximum absolute atomic E-state index is 11.1. The number of aromatic amines is 1. The molecule has 0 aliphatic rings. The lowest BCUT2D eigenvalue weighted by Gasteiger charge is -2.04. The van der Waals surface area contributed by atoms with Crippen molar-refractivity contribution in [2.45, 2.75) is 33.4 Å². The SMILES string of the molecule is Cc1nn(C(C)C)cc1CNc1cc(=O)[nH]cn1. The average molecular weight is 247 g/mol. The molecular formula is C12H17N5O. The van der Waals surface area contributed by atoms with Crippen molar-refractivity contribution in [2.75, 3.05) is 5.32 Å². The van der Waals surface area contributed by atoms with E-state index in [4.69, 9.17) is 0 Å². The molecule has 0 bridgehead atoms.